The molecule has 0 amide bonds. The predicted molar refractivity (Wildman–Crippen MR) is 104 cm³/mol. The van der Waals surface area contributed by atoms with Gasteiger partial charge in [0.1, 0.15) is 0 Å². The van der Waals surface area contributed by atoms with Crippen molar-refractivity contribution >= 4 is 17.5 Å². The second-order valence-corrected chi connectivity index (χ2v) is 7.59. The molecule has 26 heavy (non-hydrogen) atoms. The van der Waals surface area contributed by atoms with Crippen LogP contribution in [0.15, 0.2) is 35.5 Å². The van der Waals surface area contributed by atoms with Gasteiger partial charge in [-0.15, -0.1) is 5.10 Å². The highest BCUT2D eigenvalue weighted by atomic mass is 32.2. The van der Waals surface area contributed by atoms with Gasteiger partial charge in [-0.3, -0.25) is 4.79 Å². The zero-order valence-electron chi connectivity index (χ0n) is 15.7. The van der Waals surface area contributed by atoms with Gasteiger partial charge in [-0.05, 0) is 73.4 Å². The number of hydrogen-bond donors (Lipinski definition) is 0. The number of thioether (sulfide) groups is 1. The Kier molecular flexibility index (Phi) is 5.23. The van der Waals surface area contributed by atoms with Crippen LogP contribution in [0, 0.1) is 34.6 Å². The number of Topliss-reactive ketones (excluding diaryl/α,β-unsaturated/α-hetero) is 1. The molecule has 0 N–H and O–H groups in total. The Morgan fingerprint density at radius 2 is 1.65 bits per heavy atom. The summed E-state index contributed by atoms with van der Waals surface area (Å²) in [6.45, 7) is 10.1. The van der Waals surface area contributed by atoms with Crippen LogP contribution in [0.3, 0.4) is 0 Å². The molecule has 0 aliphatic rings. The van der Waals surface area contributed by atoms with Crippen molar-refractivity contribution in [2.75, 3.05) is 5.75 Å². The molecule has 0 fully saturated rings. The van der Waals surface area contributed by atoms with Gasteiger partial charge >= 0.3 is 0 Å². The average molecular weight is 366 g/mol. The van der Waals surface area contributed by atoms with E-state index in [0.717, 1.165) is 33.5 Å². The third kappa shape index (κ3) is 3.70. The van der Waals surface area contributed by atoms with Crippen LogP contribution in [-0.2, 0) is 0 Å². The average Bonchev–Trinajstić information content (AvgIpc) is 3.02. The van der Waals surface area contributed by atoms with Crippen molar-refractivity contribution in [3.05, 3.63) is 63.7 Å². The molecule has 6 heteroatoms. The van der Waals surface area contributed by atoms with Crippen molar-refractivity contribution in [2.24, 2.45) is 0 Å². The zero-order chi connectivity index (χ0) is 18.8. The lowest BCUT2D eigenvalue weighted by molar-refractivity contribution is 0.102. The van der Waals surface area contributed by atoms with Gasteiger partial charge in [0, 0.05) is 5.56 Å². The van der Waals surface area contributed by atoms with Crippen molar-refractivity contribution in [3.8, 4) is 5.69 Å². The van der Waals surface area contributed by atoms with Crippen molar-refractivity contribution in [2.45, 2.75) is 39.8 Å². The summed E-state index contributed by atoms with van der Waals surface area (Å²) >= 11 is 1.36. The molecule has 0 aliphatic carbocycles. The molecule has 3 aromatic rings. The van der Waals surface area contributed by atoms with Gasteiger partial charge in [0.15, 0.2) is 5.78 Å². The lowest BCUT2D eigenvalue weighted by Gasteiger charge is -2.11. The molecule has 0 aliphatic heterocycles. The lowest BCUT2D eigenvalue weighted by Crippen LogP contribution is -2.09. The Labute approximate surface area is 157 Å². The zero-order valence-corrected chi connectivity index (χ0v) is 16.5. The normalized spacial score (nSPS) is 11.0. The molecule has 0 atom stereocenters. The van der Waals surface area contributed by atoms with Crippen LogP contribution in [0.25, 0.3) is 5.69 Å². The number of aryl methyl sites for hydroxylation is 5. The molecular formula is C20H22N4OS. The van der Waals surface area contributed by atoms with E-state index in [0.29, 0.717) is 10.9 Å². The van der Waals surface area contributed by atoms with E-state index < -0.39 is 0 Å². The maximum Gasteiger partial charge on any atom is 0.214 e. The monoisotopic (exact) mass is 366 g/mol. The smallest absolute Gasteiger partial charge is 0.214 e. The summed E-state index contributed by atoms with van der Waals surface area (Å²) in [6.07, 6.45) is 0. The van der Waals surface area contributed by atoms with Crippen molar-refractivity contribution in [1.82, 2.24) is 20.2 Å². The molecule has 0 unspecified atom stereocenters. The molecule has 1 aromatic heterocycles. The van der Waals surface area contributed by atoms with Crippen LogP contribution in [0.5, 0.6) is 0 Å². The van der Waals surface area contributed by atoms with Gasteiger partial charge in [-0.2, -0.15) is 4.68 Å². The summed E-state index contributed by atoms with van der Waals surface area (Å²) in [5.41, 5.74) is 7.16. The first-order chi connectivity index (χ1) is 12.4. The van der Waals surface area contributed by atoms with Crippen LogP contribution < -0.4 is 0 Å². The fraction of sp³-hybridized carbons (Fsp3) is 0.300. The Balaban J connectivity index is 1.83. The summed E-state index contributed by atoms with van der Waals surface area (Å²) < 4.78 is 1.70. The molecule has 0 saturated heterocycles. The number of nitrogens with zero attached hydrogens (tertiary/aromatic N) is 4. The van der Waals surface area contributed by atoms with E-state index in [4.69, 9.17) is 0 Å². The minimum atomic E-state index is 0.0977. The van der Waals surface area contributed by atoms with Gasteiger partial charge < -0.3 is 0 Å². The number of ketones is 1. The molecule has 134 valence electrons. The third-order valence-electron chi connectivity index (χ3n) is 4.32. The highest BCUT2D eigenvalue weighted by molar-refractivity contribution is 7.99. The van der Waals surface area contributed by atoms with E-state index in [1.54, 1.807) is 4.68 Å². The SMILES string of the molecule is Cc1cc(C)c(C(=O)CSc2nnnn2-c2cc(C)ccc2C)c(C)c1. The first kappa shape index (κ1) is 18.3. The summed E-state index contributed by atoms with van der Waals surface area (Å²) in [5, 5.41) is 12.6. The van der Waals surface area contributed by atoms with Gasteiger partial charge in [-0.25, -0.2) is 0 Å². The molecule has 0 saturated carbocycles. The van der Waals surface area contributed by atoms with Gasteiger partial charge in [0.2, 0.25) is 5.16 Å². The van der Waals surface area contributed by atoms with E-state index >= 15 is 0 Å². The van der Waals surface area contributed by atoms with Crippen LogP contribution in [0.2, 0.25) is 0 Å². The van der Waals surface area contributed by atoms with Crippen molar-refractivity contribution < 1.29 is 4.79 Å². The quantitative estimate of drug-likeness (QED) is 0.501. The van der Waals surface area contributed by atoms with Crippen LogP contribution in [-0.4, -0.2) is 31.7 Å². The Morgan fingerprint density at radius 1 is 0.962 bits per heavy atom. The summed E-state index contributed by atoms with van der Waals surface area (Å²) in [5.74, 6) is 0.399. The summed E-state index contributed by atoms with van der Waals surface area (Å²) in [4.78, 5) is 12.8. The fourth-order valence-electron chi connectivity index (χ4n) is 3.19. The first-order valence-corrected chi connectivity index (χ1v) is 9.45. The minimum absolute atomic E-state index is 0.0977. The van der Waals surface area contributed by atoms with Crippen LogP contribution in [0.4, 0.5) is 0 Å². The number of carbonyl (C=O) groups excluding carboxylic acids is 1. The summed E-state index contributed by atoms with van der Waals surface area (Å²) in [7, 11) is 0. The minimum Gasteiger partial charge on any atom is -0.293 e. The van der Waals surface area contributed by atoms with Crippen LogP contribution >= 0.6 is 11.8 Å². The second kappa shape index (κ2) is 7.41. The highest BCUT2D eigenvalue weighted by Gasteiger charge is 2.17. The van der Waals surface area contributed by atoms with E-state index in [9.17, 15) is 4.79 Å². The molecule has 1 heterocycles. The van der Waals surface area contributed by atoms with Crippen molar-refractivity contribution in [1.29, 1.82) is 0 Å². The van der Waals surface area contributed by atoms with Crippen molar-refractivity contribution in [3.63, 3.8) is 0 Å². The highest BCUT2D eigenvalue weighted by Crippen LogP contribution is 2.24. The number of tetrazole rings is 1. The largest absolute Gasteiger partial charge is 0.293 e. The molecule has 0 radical (unpaired) electrons. The number of carbonyl (C=O) groups is 1. The first-order valence-electron chi connectivity index (χ1n) is 8.46. The molecule has 5 nitrogen and oxygen atoms in total. The Hall–Kier alpha value is -2.47. The van der Waals surface area contributed by atoms with E-state index in [1.165, 1.54) is 17.3 Å². The van der Waals surface area contributed by atoms with Gasteiger partial charge in [0.25, 0.3) is 0 Å². The Bertz CT molecular complexity index is 955. The molecule has 0 bridgehead atoms. The van der Waals surface area contributed by atoms with E-state index in [-0.39, 0.29) is 5.78 Å². The fourth-order valence-corrected chi connectivity index (χ4v) is 3.95. The van der Waals surface area contributed by atoms with Gasteiger partial charge in [-0.1, -0.05) is 41.6 Å². The van der Waals surface area contributed by atoms with Gasteiger partial charge in [0.05, 0.1) is 11.4 Å². The summed E-state index contributed by atoms with van der Waals surface area (Å²) in [6, 6.07) is 10.2. The van der Waals surface area contributed by atoms with E-state index in [2.05, 4.69) is 21.6 Å². The number of hydrogen-bond acceptors (Lipinski definition) is 5. The Morgan fingerprint density at radius 3 is 2.35 bits per heavy atom. The topological polar surface area (TPSA) is 60.7 Å². The van der Waals surface area contributed by atoms with Crippen LogP contribution in [0.1, 0.15) is 38.2 Å². The standard InChI is InChI=1S/C20H22N4OS/c1-12-6-7-14(3)17(10-12)24-20(21-22-23-24)26-11-18(25)19-15(4)8-13(2)9-16(19)5/h6-10H,11H2,1-5H3. The molecule has 2 aromatic carbocycles. The van der Waals surface area contributed by atoms with E-state index in [1.807, 2.05) is 58.9 Å². The number of rotatable bonds is 5. The third-order valence-corrected chi connectivity index (χ3v) is 5.24. The molecular weight excluding hydrogens is 344 g/mol. The second-order valence-electron chi connectivity index (χ2n) is 6.65. The predicted octanol–water partition coefficient (Wildman–Crippen LogP) is 4.18. The number of benzene rings is 2. The maximum absolute atomic E-state index is 12.8. The number of aromatic nitrogens is 4. The molecule has 3 rings (SSSR count). The molecule has 0 spiro atoms. The maximum atomic E-state index is 12.8. The lowest BCUT2D eigenvalue weighted by atomic mass is 9.97.